The minimum atomic E-state index is -0.738. The van der Waals surface area contributed by atoms with E-state index in [9.17, 15) is 24.2 Å². The number of aliphatic hydroxyl groups is 2. The first-order valence-electron chi connectivity index (χ1n) is 25.6. The van der Waals surface area contributed by atoms with Crippen molar-refractivity contribution >= 4 is 51.1 Å². The van der Waals surface area contributed by atoms with Crippen LogP contribution in [0.25, 0.3) is 0 Å². The molecule has 0 aliphatic carbocycles. The Balaban J connectivity index is 0.000000640. The molecule has 0 aromatic carbocycles. The molecule has 0 aliphatic heterocycles. The molecular formula is C50H92BrFN6O4S2. The second-order valence-electron chi connectivity index (χ2n) is 17.9. The number of hydrogen-bond donors (Lipinski definition) is 4. The van der Waals surface area contributed by atoms with E-state index < -0.39 is 35.2 Å². The van der Waals surface area contributed by atoms with Gasteiger partial charge in [0.05, 0.1) is 29.8 Å². The number of aromatic nitrogens is 4. The van der Waals surface area contributed by atoms with Gasteiger partial charge in [-0.25, -0.2) is 14.0 Å². The van der Waals surface area contributed by atoms with E-state index in [0.717, 1.165) is 28.7 Å². The normalized spacial score (nSPS) is 12.3. The Morgan fingerprint density at radius 3 is 1.12 bits per heavy atom. The van der Waals surface area contributed by atoms with E-state index in [-0.39, 0.29) is 18.9 Å². The zero-order valence-electron chi connectivity index (χ0n) is 40.4. The molecule has 64 heavy (non-hydrogen) atoms. The van der Waals surface area contributed by atoms with Gasteiger partial charge >= 0.3 is 11.4 Å². The standard InChI is InChI=1S/C25H46BrN3O2S.C25H46FN3O2S/c2*1-2-3-4-5-6-7-8-9-10-11-12-13-14-15-16-17-18-32-21-22(30)19-29-20-23(26)24(27)28-25(29)31/h2*20,22,30H,2-19,21H2,1H3,(H2,27,28,31). The van der Waals surface area contributed by atoms with Crippen LogP contribution in [-0.2, 0) is 13.1 Å². The highest BCUT2D eigenvalue weighted by Gasteiger charge is 2.12. The fraction of sp³-hybridized carbons (Fsp3) is 0.840. The Bertz CT molecular complexity index is 1400. The molecule has 2 heterocycles. The quantitative estimate of drug-likeness (QED) is 0.0471. The summed E-state index contributed by atoms with van der Waals surface area (Å²) < 4.78 is 16.5. The van der Waals surface area contributed by atoms with Crippen molar-refractivity contribution in [3.05, 3.63) is 43.7 Å². The van der Waals surface area contributed by atoms with Gasteiger partial charge in [-0.15, -0.1) is 0 Å². The fourth-order valence-corrected chi connectivity index (χ4v) is 9.96. The Kier molecular flexibility index (Phi) is 40.3. The number of anilines is 2. The molecule has 6 N–H and O–H groups in total. The molecule has 2 atom stereocenters. The van der Waals surface area contributed by atoms with Gasteiger partial charge in [0.25, 0.3) is 0 Å². The molecule has 14 heteroatoms. The third-order valence-corrected chi connectivity index (χ3v) is 14.7. The zero-order chi connectivity index (χ0) is 46.9. The number of aliphatic hydroxyl groups excluding tert-OH is 2. The van der Waals surface area contributed by atoms with Crippen molar-refractivity contribution in [2.75, 3.05) is 34.5 Å². The zero-order valence-corrected chi connectivity index (χ0v) is 43.6. The monoisotopic (exact) mass is 1000 g/mol. The van der Waals surface area contributed by atoms with Crippen LogP contribution in [0.15, 0.2) is 26.5 Å². The van der Waals surface area contributed by atoms with Gasteiger partial charge in [-0.3, -0.25) is 9.13 Å². The Hall–Kier alpha value is -1.61. The van der Waals surface area contributed by atoms with E-state index in [1.165, 1.54) is 204 Å². The second kappa shape index (κ2) is 42.7. The van der Waals surface area contributed by atoms with Crippen LogP contribution in [0.5, 0.6) is 0 Å². The number of nitrogens with two attached hydrogens (primary N) is 2. The van der Waals surface area contributed by atoms with Crippen LogP contribution in [0.1, 0.15) is 219 Å². The summed E-state index contributed by atoms with van der Waals surface area (Å²) in [4.78, 5) is 30.6. The van der Waals surface area contributed by atoms with Crippen molar-refractivity contribution < 1.29 is 14.6 Å². The topological polar surface area (TPSA) is 162 Å². The van der Waals surface area contributed by atoms with E-state index in [4.69, 9.17) is 11.5 Å². The summed E-state index contributed by atoms with van der Waals surface area (Å²) >= 11 is 6.70. The molecule has 10 nitrogen and oxygen atoms in total. The second-order valence-corrected chi connectivity index (χ2v) is 21.0. The lowest BCUT2D eigenvalue weighted by Gasteiger charge is -2.12. The highest BCUT2D eigenvalue weighted by molar-refractivity contribution is 9.10. The number of nitrogens with zero attached hydrogens (tertiary/aromatic N) is 4. The van der Waals surface area contributed by atoms with Gasteiger partial charge in [-0.05, 0) is 40.3 Å². The molecule has 2 rings (SSSR count). The first-order valence-corrected chi connectivity index (χ1v) is 28.8. The number of halogens is 2. The lowest BCUT2D eigenvalue weighted by Crippen LogP contribution is -2.30. The highest BCUT2D eigenvalue weighted by atomic mass is 79.9. The average Bonchev–Trinajstić information content (AvgIpc) is 3.26. The molecule has 0 bridgehead atoms. The van der Waals surface area contributed by atoms with E-state index >= 15 is 0 Å². The molecule has 0 aliphatic rings. The number of thioether (sulfide) groups is 2. The molecule has 372 valence electrons. The first kappa shape index (κ1) is 60.4. The van der Waals surface area contributed by atoms with Gasteiger partial charge in [0, 0.05) is 23.9 Å². The fourth-order valence-electron chi connectivity index (χ4n) is 7.72. The van der Waals surface area contributed by atoms with Crippen LogP contribution in [0.3, 0.4) is 0 Å². The van der Waals surface area contributed by atoms with Gasteiger partial charge in [0.15, 0.2) is 11.6 Å². The maximum atomic E-state index is 13.4. The van der Waals surface area contributed by atoms with Crippen LogP contribution in [0, 0.1) is 5.82 Å². The largest absolute Gasteiger partial charge is 0.390 e. The summed E-state index contributed by atoms with van der Waals surface area (Å²) in [6, 6.07) is 0. The third-order valence-electron chi connectivity index (χ3n) is 11.7. The number of unbranched alkanes of at least 4 members (excludes halogenated alkanes) is 30. The van der Waals surface area contributed by atoms with Crippen molar-refractivity contribution in [3.63, 3.8) is 0 Å². The van der Waals surface area contributed by atoms with Crippen LogP contribution in [0.2, 0.25) is 0 Å². The summed E-state index contributed by atoms with van der Waals surface area (Å²) in [5, 5.41) is 20.2. The summed E-state index contributed by atoms with van der Waals surface area (Å²) in [5.74, 6) is 2.26. The van der Waals surface area contributed by atoms with Crippen molar-refractivity contribution in [3.8, 4) is 0 Å². The van der Waals surface area contributed by atoms with E-state index in [2.05, 4.69) is 39.7 Å². The SMILES string of the molecule is CCCCCCCCCCCCCCCCCCSCC(O)Cn1cc(Br)c(N)nc1=O.CCCCCCCCCCCCCCCCCCSCC(O)Cn1cc(F)c(N)nc1=O. The number of nitrogen functional groups attached to an aromatic ring is 2. The molecule has 0 fully saturated rings. The third kappa shape index (κ3) is 34.7. The minimum absolute atomic E-state index is 0.0367. The molecule has 0 amide bonds. The Morgan fingerprint density at radius 1 is 0.516 bits per heavy atom. The molecule has 0 saturated heterocycles. The van der Waals surface area contributed by atoms with Crippen LogP contribution in [0.4, 0.5) is 16.0 Å². The minimum Gasteiger partial charge on any atom is -0.390 e. The maximum absolute atomic E-state index is 13.4. The molecule has 2 aromatic rings. The van der Waals surface area contributed by atoms with Gasteiger partial charge in [0.2, 0.25) is 0 Å². The predicted octanol–water partition coefficient (Wildman–Crippen LogP) is 13.3. The molecule has 0 radical (unpaired) electrons. The summed E-state index contributed by atoms with van der Waals surface area (Å²) in [5.41, 5.74) is 9.80. The van der Waals surface area contributed by atoms with E-state index in [0.29, 0.717) is 16.0 Å². The van der Waals surface area contributed by atoms with Crippen molar-refractivity contribution in [2.24, 2.45) is 0 Å². The van der Waals surface area contributed by atoms with Gasteiger partial charge in [-0.1, -0.05) is 206 Å². The summed E-state index contributed by atoms with van der Waals surface area (Å²) in [6.07, 6.45) is 45.2. The average molecular weight is 1000 g/mol. The van der Waals surface area contributed by atoms with Crippen LogP contribution in [-0.4, -0.2) is 64.5 Å². The van der Waals surface area contributed by atoms with Gasteiger partial charge in [0.1, 0.15) is 5.82 Å². The molecule has 2 aromatic heterocycles. The maximum Gasteiger partial charge on any atom is 0.349 e. The number of hydrogen-bond acceptors (Lipinski definition) is 10. The molecular weight excluding hydrogens is 912 g/mol. The Morgan fingerprint density at radius 2 is 0.797 bits per heavy atom. The van der Waals surface area contributed by atoms with Crippen molar-refractivity contribution in [1.29, 1.82) is 0 Å². The van der Waals surface area contributed by atoms with Gasteiger partial charge < -0.3 is 21.7 Å². The van der Waals surface area contributed by atoms with Crippen molar-refractivity contribution in [1.82, 2.24) is 19.1 Å². The lowest BCUT2D eigenvalue weighted by molar-refractivity contribution is 0.175. The molecule has 2 unspecified atom stereocenters. The van der Waals surface area contributed by atoms with Gasteiger partial charge in [-0.2, -0.15) is 33.5 Å². The summed E-state index contributed by atoms with van der Waals surface area (Å²) in [7, 11) is 0. The van der Waals surface area contributed by atoms with Crippen LogP contribution >= 0.6 is 39.5 Å². The number of rotatable bonds is 42. The van der Waals surface area contributed by atoms with Crippen molar-refractivity contribution in [2.45, 2.75) is 245 Å². The van der Waals surface area contributed by atoms with E-state index in [1.54, 1.807) is 29.7 Å². The molecule has 0 saturated carbocycles. The lowest BCUT2D eigenvalue weighted by atomic mass is 10.0. The molecule has 0 spiro atoms. The van der Waals surface area contributed by atoms with E-state index in [1.807, 2.05) is 0 Å². The highest BCUT2D eigenvalue weighted by Crippen LogP contribution is 2.18. The van der Waals surface area contributed by atoms with Crippen LogP contribution < -0.4 is 22.8 Å². The first-order chi connectivity index (χ1) is 31.1. The smallest absolute Gasteiger partial charge is 0.349 e. The Labute approximate surface area is 405 Å². The predicted molar refractivity (Wildman–Crippen MR) is 279 cm³/mol. The summed E-state index contributed by atoms with van der Waals surface area (Å²) in [6.45, 7) is 4.83.